The van der Waals surface area contributed by atoms with E-state index in [1.165, 1.54) is 0 Å². The van der Waals surface area contributed by atoms with Gasteiger partial charge >= 0.3 is 5.97 Å². The fourth-order valence-corrected chi connectivity index (χ4v) is 3.77. The number of amides is 1. The number of hydrogen-bond donors (Lipinski definition) is 1. The zero-order valence-electron chi connectivity index (χ0n) is 10.1. The van der Waals surface area contributed by atoms with Crippen LogP contribution in [-0.4, -0.2) is 18.5 Å². The van der Waals surface area contributed by atoms with Gasteiger partial charge in [-0.25, -0.2) is 0 Å². The molecule has 19 heavy (non-hydrogen) atoms. The van der Waals surface area contributed by atoms with Crippen molar-refractivity contribution in [3.05, 3.63) is 25.6 Å². The van der Waals surface area contributed by atoms with E-state index in [4.69, 9.17) is 4.74 Å². The molecule has 7 heteroatoms. The van der Waals surface area contributed by atoms with Gasteiger partial charge in [-0.3, -0.25) is 9.59 Å². The molecule has 0 unspecified atom stereocenters. The summed E-state index contributed by atoms with van der Waals surface area (Å²) in [4.78, 5) is 22.9. The quantitative estimate of drug-likeness (QED) is 0.672. The minimum absolute atomic E-state index is 0.0748. The van der Waals surface area contributed by atoms with Gasteiger partial charge < -0.3 is 10.1 Å². The number of hydrogen-bond acceptors (Lipinski definition) is 3. The molecule has 0 aromatic heterocycles. The maximum atomic E-state index is 11.7. The minimum atomic E-state index is -0.369. The highest BCUT2D eigenvalue weighted by Crippen LogP contribution is 2.34. The first-order chi connectivity index (χ1) is 8.93. The summed E-state index contributed by atoms with van der Waals surface area (Å²) in [6.07, 6.45) is 0.166. The van der Waals surface area contributed by atoms with Gasteiger partial charge in [0.25, 0.3) is 0 Å². The molecule has 0 saturated heterocycles. The Labute approximate surface area is 136 Å². The van der Waals surface area contributed by atoms with E-state index < -0.39 is 0 Å². The summed E-state index contributed by atoms with van der Waals surface area (Å²) < 4.78 is 7.14. The number of carbonyl (C=O) groups excluding carboxylic acids is 2. The normalized spacial score (nSPS) is 10.1. The zero-order chi connectivity index (χ0) is 14.4. The molecule has 1 amide bonds. The van der Waals surface area contributed by atoms with Gasteiger partial charge in [0, 0.05) is 19.8 Å². The SMILES string of the molecule is CCOC(=O)CCC(=O)Nc1c(Br)cc(Br)cc1Br. The van der Waals surface area contributed by atoms with Crippen molar-refractivity contribution in [3.8, 4) is 0 Å². The number of halogens is 3. The first-order valence-corrected chi connectivity index (χ1v) is 7.92. The lowest BCUT2D eigenvalue weighted by Gasteiger charge is -2.10. The molecule has 0 saturated carbocycles. The Morgan fingerprint density at radius 2 is 1.74 bits per heavy atom. The lowest BCUT2D eigenvalue weighted by atomic mass is 10.2. The largest absolute Gasteiger partial charge is 0.466 e. The standard InChI is InChI=1S/C12H12Br3NO3/c1-2-19-11(18)4-3-10(17)16-12-8(14)5-7(13)6-9(12)15/h5-6H,2-4H2,1H3,(H,16,17). The fraction of sp³-hybridized carbons (Fsp3) is 0.333. The van der Waals surface area contributed by atoms with E-state index in [2.05, 4.69) is 53.1 Å². The van der Waals surface area contributed by atoms with Gasteiger partial charge in [-0.15, -0.1) is 0 Å². The third kappa shape index (κ3) is 5.62. The van der Waals surface area contributed by atoms with Crippen LogP contribution in [0.25, 0.3) is 0 Å². The highest BCUT2D eigenvalue weighted by Gasteiger charge is 2.12. The van der Waals surface area contributed by atoms with Crippen LogP contribution in [0.1, 0.15) is 19.8 Å². The van der Waals surface area contributed by atoms with Crippen LogP contribution >= 0.6 is 47.8 Å². The van der Waals surface area contributed by atoms with Crippen LogP contribution in [0.3, 0.4) is 0 Å². The molecular formula is C12H12Br3NO3. The summed E-state index contributed by atoms with van der Waals surface area (Å²) in [6, 6.07) is 3.65. The number of benzene rings is 1. The maximum Gasteiger partial charge on any atom is 0.306 e. The van der Waals surface area contributed by atoms with E-state index in [0.717, 1.165) is 13.4 Å². The van der Waals surface area contributed by atoms with E-state index >= 15 is 0 Å². The molecule has 0 heterocycles. The van der Waals surface area contributed by atoms with E-state index in [-0.39, 0.29) is 24.7 Å². The average Bonchev–Trinajstić information content (AvgIpc) is 2.31. The molecule has 0 aliphatic rings. The van der Waals surface area contributed by atoms with Gasteiger partial charge in [0.2, 0.25) is 5.91 Å². The number of anilines is 1. The summed E-state index contributed by atoms with van der Waals surface area (Å²) in [5.74, 6) is -0.608. The van der Waals surface area contributed by atoms with Crippen molar-refractivity contribution in [1.82, 2.24) is 0 Å². The van der Waals surface area contributed by atoms with Gasteiger partial charge in [-0.05, 0) is 50.9 Å². The number of esters is 1. The predicted octanol–water partition coefficient (Wildman–Crippen LogP) is 4.26. The lowest BCUT2D eigenvalue weighted by molar-refractivity contribution is -0.144. The molecule has 0 atom stereocenters. The summed E-state index contributed by atoms with van der Waals surface area (Å²) >= 11 is 10.1. The predicted molar refractivity (Wildman–Crippen MR) is 84.0 cm³/mol. The van der Waals surface area contributed by atoms with Crippen LogP contribution in [0.15, 0.2) is 25.6 Å². The van der Waals surface area contributed by atoms with E-state index in [1.807, 2.05) is 12.1 Å². The molecule has 0 aliphatic heterocycles. The molecule has 4 nitrogen and oxygen atoms in total. The first kappa shape index (κ1) is 16.7. The molecule has 0 spiro atoms. The number of carbonyl (C=O) groups is 2. The minimum Gasteiger partial charge on any atom is -0.466 e. The monoisotopic (exact) mass is 455 g/mol. The summed E-state index contributed by atoms with van der Waals surface area (Å²) in [6.45, 7) is 2.05. The van der Waals surface area contributed by atoms with Crippen molar-refractivity contribution in [2.24, 2.45) is 0 Å². The second-order valence-electron chi connectivity index (χ2n) is 3.60. The summed E-state index contributed by atoms with van der Waals surface area (Å²) in [5, 5.41) is 2.74. The second-order valence-corrected chi connectivity index (χ2v) is 6.22. The number of ether oxygens (including phenoxy) is 1. The Balaban J connectivity index is 2.60. The van der Waals surface area contributed by atoms with E-state index in [0.29, 0.717) is 12.3 Å². The highest BCUT2D eigenvalue weighted by atomic mass is 79.9. The van der Waals surface area contributed by atoms with Crippen molar-refractivity contribution in [2.45, 2.75) is 19.8 Å². The van der Waals surface area contributed by atoms with Gasteiger partial charge in [0.05, 0.1) is 18.7 Å². The zero-order valence-corrected chi connectivity index (χ0v) is 14.9. The van der Waals surface area contributed by atoms with Crippen molar-refractivity contribution in [1.29, 1.82) is 0 Å². The molecule has 0 bridgehead atoms. The average molecular weight is 458 g/mol. The van der Waals surface area contributed by atoms with Crippen molar-refractivity contribution < 1.29 is 14.3 Å². The fourth-order valence-electron chi connectivity index (χ4n) is 1.31. The second kappa shape index (κ2) is 8.01. The molecule has 0 radical (unpaired) electrons. The first-order valence-electron chi connectivity index (χ1n) is 5.54. The summed E-state index contributed by atoms with van der Waals surface area (Å²) in [7, 11) is 0. The van der Waals surface area contributed by atoms with Crippen LogP contribution in [0.4, 0.5) is 5.69 Å². The molecule has 0 fully saturated rings. The van der Waals surface area contributed by atoms with Crippen molar-refractivity contribution >= 4 is 65.4 Å². The van der Waals surface area contributed by atoms with Crippen LogP contribution in [0, 0.1) is 0 Å². The Morgan fingerprint density at radius 3 is 2.26 bits per heavy atom. The van der Waals surface area contributed by atoms with Gasteiger partial charge in [-0.1, -0.05) is 15.9 Å². The summed E-state index contributed by atoms with van der Waals surface area (Å²) in [5.41, 5.74) is 0.636. The molecule has 104 valence electrons. The van der Waals surface area contributed by atoms with Crippen LogP contribution in [0.2, 0.25) is 0 Å². The van der Waals surface area contributed by atoms with Gasteiger partial charge in [0.1, 0.15) is 0 Å². The Hall–Kier alpha value is -0.400. The Bertz CT molecular complexity index is 468. The van der Waals surface area contributed by atoms with Crippen LogP contribution in [0.5, 0.6) is 0 Å². The van der Waals surface area contributed by atoms with Crippen molar-refractivity contribution in [2.75, 3.05) is 11.9 Å². The smallest absolute Gasteiger partial charge is 0.306 e. The molecule has 1 rings (SSSR count). The topological polar surface area (TPSA) is 55.4 Å². The van der Waals surface area contributed by atoms with E-state index in [9.17, 15) is 9.59 Å². The third-order valence-corrected chi connectivity index (χ3v) is 3.84. The number of rotatable bonds is 5. The highest BCUT2D eigenvalue weighted by molar-refractivity contribution is 9.11. The molecule has 1 N–H and O–H groups in total. The maximum absolute atomic E-state index is 11.7. The van der Waals surface area contributed by atoms with E-state index in [1.54, 1.807) is 6.92 Å². The molecule has 1 aromatic rings. The lowest BCUT2D eigenvalue weighted by Crippen LogP contribution is -2.15. The molecular weight excluding hydrogens is 446 g/mol. The Morgan fingerprint density at radius 1 is 1.16 bits per heavy atom. The Kier molecular flexibility index (Phi) is 7.02. The van der Waals surface area contributed by atoms with Gasteiger partial charge in [0.15, 0.2) is 0 Å². The third-order valence-electron chi connectivity index (χ3n) is 2.13. The number of nitrogens with one attached hydrogen (secondary N) is 1. The van der Waals surface area contributed by atoms with Crippen LogP contribution in [-0.2, 0) is 14.3 Å². The molecule has 0 aliphatic carbocycles. The van der Waals surface area contributed by atoms with Crippen molar-refractivity contribution in [3.63, 3.8) is 0 Å². The van der Waals surface area contributed by atoms with Gasteiger partial charge in [-0.2, -0.15) is 0 Å². The van der Waals surface area contributed by atoms with Crippen LogP contribution < -0.4 is 5.32 Å². The molecule has 1 aromatic carbocycles.